The van der Waals surface area contributed by atoms with Gasteiger partial charge in [-0.15, -0.1) is 0 Å². The molecule has 0 aromatic carbocycles. The average molecular weight is 269 g/mol. The monoisotopic (exact) mass is 269 g/mol. The van der Waals surface area contributed by atoms with Crippen LogP contribution in [0.15, 0.2) is 10.6 Å². The first-order valence-electron chi connectivity index (χ1n) is 6.47. The number of aromatic nitrogens is 1. The lowest BCUT2D eigenvalue weighted by atomic mass is 9.92. The summed E-state index contributed by atoms with van der Waals surface area (Å²) in [7, 11) is 0. The number of hydrogen-bond acceptors (Lipinski definition) is 5. The maximum Gasteiger partial charge on any atom is 0.240 e. The molecule has 0 atom stereocenters. The van der Waals surface area contributed by atoms with Crippen molar-refractivity contribution in [2.24, 2.45) is 0 Å². The Kier molecular flexibility index (Phi) is 5.50. The summed E-state index contributed by atoms with van der Waals surface area (Å²) in [5.74, 6) is 0.182. The van der Waals surface area contributed by atoms with Crippen LogP contribution in [0.25, 0.3) is 0 Å². The molecule has 0 fully saturated rings. The Labute approximate surface area is 113 Å². The fourth-order valence-electron chi connectivity index (χ4n) is 1.56. The summed E-state index contributed by atoms with van der Waals surface area (Å²) in [6.07, 6.45) is 0. The van der Waals surface area contributed by atoms with Gasteiger partial charge in [-0.3, -0.25) is 15.0 Å². The molecule has 0 aliphatic heterocycles. The standard InChI is InChI=1S/C13H23N3O3/c1-5-16(6-7-17)9-11(18)14-12-8-10(15-19-12)13(2,3)4/h8,17H,5-7,9H2,1-4H3,(H,14,18). The SMILES string of the molecule is CCN(CCO)CC(=O)Nc1cc(C(C)(C)C)no1. The second-order valence-corrected chi connectivity index (χ2v) is 5.47. The van der Waals surface area contributed by atoms with E-state index in [4.69, 9.17) is 9.63 Å². The van der Waals surface area contributed by atoms with Gasteiger partial charge in [-0.25, -0.2) is 0 Å². The van der Waals surface area contributed by atoms with Gasteiger partial charge in [0, 0.05) is 18.0 Å². The second kappa shape index (κ2) is 6.68. The molecule has 0 saturated carbocycles. The molecular formula is C13H23N3O3. The summed E-state index contributed by atoms with van der Waals surface area (Å²) in [6, 6.07) is 1.74. The number of nitrogens with one attached hydrogen (secondary N) is 1. The molecule has 0 aliphatic rings. The van der Waals surface area contributed by atoms with Gasteiger partial charge in [-0.2, -0.15) is 0 Å². The van der Waals surface area contributed by atoms with Crippen LogP contribution >= 0.6 is 0 Å². The molecule has 6 heteroatoms. The highest BCUT2D eigenvalue weighted by Gasteiger charge is 2.20. The minimum atomic E-state index is -0.174. The maximum absolute atomic E-state index is 11.8. The maximum atomic E-state index is 11.8. The Balaban J connectivity index is 2.55. The molecule has 0 saturated heterocycles. The molecule has 0 radical (unpaired) electrons. The normalized spacial score (nSPS) is 11.9. The van der Waals surface area contributed by atoms with E-state index < -0.39 is 0 Å². The number of anilines is 1. The van der Waals surface area contributed by atoms with Crippen molar-refractivity contribution in [3.8, 4) is 0 Å². The number of carbonyl (C=O) groups excluding carboxylic acids is 1. The number of likely N-dealkylation sites (N-methyl/N-ethyl adjacent to an activating group) is 1. The van der Waals surface area contributed by atoms with Crippen LogP contribution in [0.2, 0.25) is 0 Å². The number of aliphatic hydroxyl groups excluding tert-OH is 1. The van der Waals surface area contributed by atoms with Crippen LogP contribution in [0, 0.1) is 0 Å². The molecule has 6 nitrogen and oxygen atoms in total. The Bertz CT molecular complexity index is 410. The third-order valence-electron chi connectivity index (χ3n) is 2.77. The smallest absolute Gasteiger partial charge is 0.240 e. The third-order valence-corrected chi connectivity index (χ3v) is 2.77. The zero-order chi connectivity index (χ0) is 14.5. The van der Waals surface area contributed by atoms with E-state index in [-0.39, 0.29) is 24.5 Å². The van der Waals surface area contributed by atoms with E-state index >= 15 is 0 Å². The molecule has 19 heavy (non-hydrogen) atoms. The second-order valence-electron chi connectivity index (χ2n) is 5.47. The van der Waals surface area contributed by atoms with Gasteiger partial charge in [0.05, 0.1) is 18.8 Å². The lowest BCUT2D eigenvalue weighted by Gasteiger charge is -2.17. The average Bonchev–Trinajstić information content (AvgIpc) is 2.76. The molecule has 0 bridgehead atoms. The van der Waals surface area contributed by atoms with Crippen molar-refractivity contribution in [2.75, 3.05) is 31.6 Å². The first-order valence-corrected chi connectivity index (χ1v) is 6.47. The highest BCUT2D eigenvalue weighted by atomic mass is 16.5. The number of amides is 1. The molecule has 0 unspecified atom stereocenters. The molecule has 1 aromatic heterocycles. The molecule has 1 aromatic rings. The first-order chi connectivity index (χ1) is 8.86. The minimum Gasteiger partial charge on any atom is -0.395 e. The van der Waals surface area contributed by atoms with Gasteiger partial charge >= 0.3 is 0 Å². The highest BCUT2D eigenvalue weighted by Crippen LogP contribution is 2.23. The van der Waals surface area contributed by atoms with E-state index in [0.29, 0.717) is 19.0 Å². The number of carbonyl (C=O) groups is 1. The molecule has 1 heterocycles. The topological polar surface area (TPSA) is 78.6 Å². The van der Waals surface area contributed by atoms with Gasteiger partial charge in [0.2, 0.25) is 11.8 Å². The van der Waals surface area contributed by atoms with Gasteiger partial charge in [0.1, 0.15) is 0 Å². The van der Waals surface area contributed by atoms with E-state index in [9.17, 15) is 4.79 Å². The van der Waals surface area contributed by atoms with Gasteiger partial charge in [-0.05, 0) is 6.54 Å². The van der Waals surface area contributed by atoms with Crippen LogP contribution in [0.1, 0.15) is 33.4 Å². The van der Waals surface area contributed by atoms with Crippen LogP contribution in [-0.2, 0) is 10.2 Å². The Morgan fingerprint density at radius 3 is 2.68 bits per heavy atom. The van der Waals surface area contributed by atoms with Crippen LogP contribution in [0.4, 0.5) is 5.88 Å². The number of aliphatic hydroxyl groups is 1. The number of nitrogens with zero attached hydrogens (tertiary/aromatic N) is 2. The Morgan fingerprint density at radius 1 is 1.53 bits per heavy atom. The van der Waals surface area contributed by atoms with Gasteiger partial charge in [0.25, 0.3) is 0 Å². The van der Waals surface area contributed by atoms with Gasteiger partial charge < -0.3 is 9.63 Å². The van der Waals surface area contributed by atoms with E-state index in [0.717, 1.165) is 5.69 Å². The summed E-state index contributed by atoms with van der Waals surface area (Å²) < 4.78 is 5.09. The Morgan fingerprint density at radius 2 is 2.21 bits per heavy atom. The first kappa shape index (κ1) is 15.7. The summed E-state index contributed by atoms with van der Waals surface area (Å²) >= 11 is 0. The predicted octanol–water partition coefficient (Wildman–Crippen LogP) is 1.22. The molecule has 1 amide bonds. The largest absolute Gasteiger partial charge is 0.395 e. The van der Waals surface area contributed by atoms with Crippen LogP contribution in [0.3, 0.4) is 0 Å². The van der Waals surface area contributed by atoms with Crippen molar-refractivity contribution in [1.29, 1.82) is 0 Å². The molecule has 108 valence electrons. The lowest BCUT2D eigenvalue weighted by Crippen LogP contribution is -2.35. The minimum absolute atomic E-state index is 0.0393. The van der Waals surface area contributed by atoms with E-state index in [1.807, 2.05) is 32.6 Å². The van der Waals surface area contributed by atoms with Crippen molar-refractivity contribution in [2.45, 2.75) is 33.1 Å². The summed E-state index contributed by atoms with van der Waals surface area (Å²) in [5.41, 5.74) is 0.684. The zero-order valence-corrected chi connectivity index (χ0v) is 12.1. The fraction of sp³-hybridized carbons (Fsp3) is 0.692. The third kappa shape index (κ3) is 5.00. The zero-order valence-electron chi connectivity index (χ0n) is 12.1. The van der Waals surface area contributed by atoms with Gasteiger partial charge in [0.15, 0.2) is 0 Å². The van der Waals surface area contributed by atoms with Crippen molar-refractivity contribution < 1.29 is 14.4 Å². The number of rotatable bonds is 6. The highest BCUT2D eigenvalue weighted by molar-refractivity contribution is 5.90. The van der Waals surface area contributed by atoms with Crippen molar-refractivity contribution in [3.05, 3.63) is 11.8 Å². The molecule has 2 N–H and O–H groups in total. The summed E-state index contributed by atoms with van der Waals surface area (Å²) in [5, 5.41) is 15.5. The molecular weight excluding hydrogens is 246 g/mol. The molecule has 0 aliphatic carbocycles. The summed E-state index contributed by atoms with van der Waals surface area (Å²) in [6.45, 7) is 9.46. The van der Waals surface area contributed by atoms with Crippen LogP contribution in [0.5, 0.6) is 0 Å². The predicted molar refractivity (Wildman–Crippen MR) is 73.0 cm³/mol. The van der Waals surface area contributed by atoms with Crippen LogP contribution < -0.4 is 5.32 Å². The lowest BCUT2D eigenvalue weighted by molar-refractivity contribution is -0.117. The Hall–Kier alpha value is -1.40. The molecule has 1 rings (SSSR count). The van der Waals surface area contributed by atoms with E-state index in [2.05, 4.69) is 10.5 Å². The van der Waals surface area contributed by atoms with E-state index in [1.54, 1.807) is 6.07 Å². The van der Waals surface area contributed by atoms with Gasteiger partial charge in [-0.1, -0.05) is 32.9 Å². The van der Waals surface area contributed by atoms with Crippen molar-refractivity contribution >= 4 is 11.8 Å². The quantitative estimate of drug-likeness (QED) is 0.812. The van der Waals surface area contributed by atoms with Crippen molar-refractivity contribution in [3.63, 3.8) is 0 Å². The van der Waals surface area contributed by atoms with Crippen LogP contribution in [-0.4, -0.2) is 47.3 Å². The summed E-state index contributed by atoms with van der Waals surface area (Å²) in [4.78, 5) is 13.6. The molecule has 0 spiro atoms. The fourth-order valence-corrected chi connectivity index (χ4v) is 1.56. The van der Waals surface area contributed by atoms with E-state index in [1.165, 1.54) is 0 Å². The van der Waals surface area contributed by atoms with Crippen molar-refractivity contribution in [1.82, 2.24) is 10.1 Å². The number of hydrogen-bond donors (Lipinski definition) is 2.